The summed E-state index contributed by atoms with van der Waals surface area (Å²) in [7, 11) is 0. The van der Waals surface area contributed by atoms with Gasteiger partial charge in [-0.05, 0) is 67.2 Å². The number of rotatable bonds is 28. The van der Waals surface area contributed by atoms with E-state index in [0.29, 0.717) is 19.6 Å². The van der Waals surface area contributed by atoms with E-state index in [9.17, 15) is 19.2 Å². The van der Waals surface area contributed by atoms with Gasteiger partial charge in [0.05, 0.1) is 6.61 Å². The second-order valence-corrected chi connectivity index (χ2v) is 16.1. The Balaban J connectivity index is 4.88. The number of amides is 4. The summed E-state index contributed by atoms with van der Waals surface area (Å²) in [6.45, 7) is 15.8. The van der Waals surface area contributed by atoms with Crippen molar-refractivity contribution in [2.45, 2.75) is 214 Å². The summed E-state index contributed by atoms with van der Waals surface area (Å²) in [6.07, 6.45) is 22.5. The summed E-state index contributed by atoms with van der Waals surface area (Å²) in [6, 6.07) is -0.814. The lowest BCUT2D eigenvalue weighted by Gasteiger charge is -2.21. The molecule has 1 unspecified atom stereocenters. The quantitative estimate of drug-likeness (QED) is 0.0266. The van der Waals surface area contributed by atoms with Gasteiger partial charge in [-0.2, -0.15) is 0 Å². The molecule has 0 rings (SSSR count). The molecule has 0 fully saturated rings. The highest BCUT2D eigenvalue weighted by atomic mass is 16.6. The molecule has 0 aromatic carbocycles. The summed E-state index contributed by atoms with van der Waals surface area (Å²) >= 11 is 0. The van der Waals surface area contributed by atoms with Crippen LogP contribution < -0.4 is 21.3 Å². The van der Waals surface area contributed by atoms with Crippen LogP contribution in [0.15, 0.2) is 4.99 Å². The third-order valence-electron chi connectivity index (χ3n) is 8.35. The largest absolute Gasteiger partial charge is 0.450 e. The van der Waals surface area contributed by atoms with Gasteiger partial charge in [0.2, 0.25) is 11.9 Å². The predicted molar refractivity (Wildman–Crippen MR) is 215 cm³/mol. The first-order valence-corrected chi connectivity index (χ1v) is 20.9. The lowest BCUT2D eigenvalue weighted by molar-refractivity contribution is -0.123. The maximum absolute atomic E-state index is 13.2. The molecule has 0 aliphatic rings. The van der Waals surface area contributed by atoms with Gasteiger partial charge in [0.15, 0.2) is 0 Å². The number of hydrogen-bond acceptors (Lipinski definition) is 7. The van der Waals surface area contributed by atoms with E-state index in [0.717, 1.165) is 38.5 Å². The Morgan fingerprint density at radius 2 is 1.00 bits per heavy atom. The fourth-order valence-corrected chi connectivity index (χ4v) is 5.56. The summed E-state index contributed by atoms with van der Waals surface area (Å²) in [5.74, 6) is -0.417. The van der Waals surface area contributed by atoms with Crippen LogP contribution >= 0.6 is 0 Å². The molecular formula is C41H79N5O7. The highest BCUT2D eigenvalue weighted by Crippen LogP contribution is 2.13. The Morgan fingerprint density at radius 1 is 0.547 bits per heavy atom. The van der Waals surface area contributed by atoms with Gasteiger partial charge in [-0.15, -0.1) is 4.99 Å². The molecule has 310 valence electrons. The molecule has 4 N–H and O–H groups in total. The van der Waals surface area contributed by atoms with Gasteiger partial charge >= 0.3 is 18.3 Å². The van der Waals surface area contributed by atoms with Crippen molar-refractivity contribution in [1.82, 2.24) is 21.3 Å². The zero-order valence-corrected chi connectivity index (χ0v) is 35.1. The second-order valence-electron chi connectivity index (χ2n) is 16.1. The van der Waals surface area contributed by atoms with Crippen molar-refractivity contribution in [2.75, 3.05) is 19.7 Å². The van der Waals surface area contributed by atoms with E-state index in [1.54, 1.807) is 41.5 Å². The van der Waals surface area contributed by atoms with Crippen molar-refractivity contribution in [3.05, 3.63) is 0 Å². The predicted octanol–water partition coefficient (Wildman–Crippen LogP) is 10.2. The number of nitrogens with one attached hydrogen (secondary N) is 4. The van der Waals surface area contributed by atoms with Gasteiger partial charge in [-0.25, -0.2) is 14.4 Å². The average Bonchev–Trinajstić information content (AvgIpc) is 3.05. The van der Waals surface area contributed by atoms with Gasteiger partial charge in [0.25, 0.3) is 0 Å². The molecule has 0 radical (unpaired) electrons. The second kappa shape index (κ2) is 31.3. The number of guanidine groups is 1. The molecule has 12 heteroatoms. The Kier molecular flexibility index (Phi) is 29.5. The lowest BCUT2D eigenvalue weighted by Crippen LogP contribution is -2.48. The maximum Gasteiger partial charge on any atom is 0.437 e. The van der Waals surface area contributed by atoms with Crippen LogP contribution in [0.5, 0.6) is 0 Å². The molecule has 0 bridgehead atoms. The molecule has 0 spiro atoms. The number of ether oxygens (including phenoxy) is 3. The van der Waals surface area contributed by atoms with Crippen LogP contribution in [-0.2, 0) is 19.0 Å². The van der Waals surface area contributed by atoms with E-state index in [2.05, 4.69) is 40.1 Å². The molecule has 53 heavy (non-hydrogen) atoms. The van der Waals surface area contributed by atoms with E-state index in [1.165, 1.54) is 89.9 Å². The van der Waals surface area contributed by atoms with Gasteiger partial charge in [-0.3, -0.25) is 10.1 Å². The normalized spacial score (nSPS) is 12.5. The molecule has 0 aromatic heterocycles. The van der Waals surface area contributed by atoms with Crippen molar-refractivity contribution >= 4 is 30.1 Å². The van der Waals surface area contributed by atoms with Crippen LogP contribution in [-0.4, -0.2) is 67.1 Å². The minimum Gasteiger partial charge on any atom is -0.450 e. The number of unbranched alkanes of at least 4 members (excludes halogenated alkanes) is 18. The van der Waals surface area contributed by atoms with E-state index in [1.807, 2.05) is 0 Å². The standard InChI is InChI=1S/C41H79N5O7/c1-9-11-13-15-17-18-19-20-21-22-23-24-26-28-33-51-37(48)44-34(35(47)42-31-27-25-16-14-12-10-2)30-29-32-43-36(45-38(49)52-40(3,4)5)46-39(50)53-41(6,7)8/h34H,9-33H2,1-8H3,(H,42,47)(H,44,48)(H2,43,45,46,49,50). The first kappa shape index (κ1) is 49.9. The molecule has 0 saturated carbocycles. The minimum absolute atomic E-state index is 0.141. The fraction of sp³-hybridized carbons (Fsp3) is 0.878. The van der Waals surface area contributed by atoms with Crippen LogP contribution in [0.2, 0.25) is 0 Å². The van der Waals surface area contributed by atoms with Crippen LogP contribution in [0.4, 0.5) is 14.4 Å². The molecule has 0 saturated heterocycles. The highest BCUT2D eigenvalue weighted by Gasteiger charge is 2.23. The van der Waals surface area contributed by atoms with Crippen LogP contribution in [0.25, 0.3) is 0 Å². The number of nitrogens with zero attached hydrogens (tertiary/aromatic N) is 1. The first-order chi connectivity index (χ1) is 25.2. The average molecular weight is 754 g/mol. The minimum atomic E-state index is -0.883. The summed E-state index contributed by atoms with van der Waals surface area (Å²) in [5, 5.41) is 11.1. The summed E-state index contributed by atoms with van der Waals surface area (Å²) in [4.78, 5) is 54.5. The summed E-state index contributed by atoms with van der Waals surface area (Å²) < 4.78 is 16.0. The van der Waals surface area contributed by atoms with Crippen molar-refractivity contribution in [3.63, 3.8) is 0 Å². The third kappa shape index (κ3) is 34.5. The monoisotopic (exact) mass is 754 g/mol. The maximum atomic E-state index is 13.2. The molecule has 0 heterocycles. The van der Waals surface area contributed by atoms with Crippen molar-refractivity contribution in [3.8, 4) is 0 Å². The SMILES string of the molecule is CCCCCCCCCCCCCCCCOC(=O)NC(CCCNC(=NC(=O)OC(C)(C)C)NC(=O)OC(C)(C)C)C(=O)NCCCCCCCC. The number of carbonyl (C=O) groups is 4. The number of alkyl carbamates (subject to hydrolysis) is 2. The molecule has 0 aliphatic heterocycles. The first-order valence-electron chi connectivity index (χ1n) is 20.9. The Labute approximate surface area is 322 Å². The highest BCUT2D eigenvalue weighted by molar-refractivity contribution is 5.98. The van der Waals surface area contributed by atoms with Gasteiger partial charge < -0.3 is 30.2 Å². The molecule has 12 nitrogen and oxygen atoms in total. The Hall–Kier alpha value is -3.05. The zero-order chi connectivity index (χ0) is 39.8. The van der Waals surface area contributed by atoms with Gasteiger partial charge in [-0.1, -0.05) is 129 Å². The lowest BCUT2D eigenvalue weighted by atomic mass is 10.0. The molecular weight excluding hydrogens is 674 g/mol. The molecule has 0 aromatic rings. The fourth-order valence-electron chi connectivity index (χ4n) is 5.56. The van der Waals surface area contributed by atoms with Crippen LogP contribution in [0, 0.1) is 0 Å². The third-order valence-corrected chi connectivity index (χ3v) is 8.35. The molecule has 0 aliphatic carbocycles. The topological polar surface area (TPSA) is 156 Å². The molecule has 4 amide bonds. The van der Waals surface area contributed by atoms with Gasteiger partial charge in [0.1, 0.15) is 17.2 Å². The number of carbonyl (C=O) groups excluding carboxylic acids is 4. The zero-order valence-electron chi connectivity index (χ0n) is 35.1. The smallest absolute Gasteiger partial charge is 0.437 e. The van der Waals surface area contributed by atoms with Crippen molar-refractivity contribution in [2.24, 2.45) is 4.99 Å². The number of aliphatic imine (C=N–C) groups is 1. The van der Waals surface area contributed by atoms with E-state index in [4.69, 9.17) is 14.2 Å². The Bertz CT molecular complexity index is 1010. The van der Waals surface area contributed by atoms with Crippen molar-refractivity contribution < 1.29 is 33.4 Å². The molecule has 1 atom stereocenters. The van der Waals surface area contributed by atoms with Crippen LogP contribution in [0.3, 0.4) is 0 Å². The van der Waals surface area contributed by atoms with Crippen molar-refractivity contribution in [1.29, 1.82) is 0 Å². The summed E-state index contributed by atoms with van der Waals surface area (Å²) in [5.41, 5.74) is -1.54. The van der Waals surface area contributed by atoms with E-state index >= 15 is 0 Å². The van der Waals surface area contributed by atoms with E-state index in [-0.39, 0.29) is 24.8 Å². The van der Waals surface area contributed by atoms with Crippen LogP contribution in [0.1, 0.15) is 197 Å². The number of hydrogen-bond donors (Lipinski definition) is 4. The Morgan fingerprint density at radius 3 is 1.49 bits per heavy atom. The van der Waals surface area contributed by atoms with E-state index < -0.39 is 35.5 Å². The van der Waals surface area contributed by atoms with Gasteiger partial charge in [0, 0.05) is 13.1 Å².